The summed E-state index contributed by atoms with van der Waals surface area (Å²) in [4.78, 5) is 28.1. The Bertz CT molecular complexity index is 1280. The van der Waals surface area contributed by atoms with Gasteiger partial charge in [0.1, 0.15) is 22.1 Å². The molecule has 15 heteroatoms. The van der Waals surface area contributed by atoms with E-state index in [9.17, 15) is 41.0 Å². The second kappa shape index (κ2) is 10.6. The van der Waals surface area contributed by atoms with Crippen LogP contribution in [0.15, 0.2) is 42.5 Å². The van der Waals surface area contributed by atoms with Gasteiger partial charge >= 0.3 is 12.5 Å². The summed E-state index contributed by atoms with van der Waals surface area (Å²) in [6.45, 7) is -0.117. The number of carbonyl (C=O) groups excluding carboxylic acids is 2. The number of amides is 2. The van der Waals surface area contributed by atoms with Gasteiger partial charge in [-0.05, 0) is 36.2 Å². The van der Waals surface area contributed by atoms with Crippen LogP contribution in [0.2, 0.25) is 4.34 Å². The van der Waals surface area contributed by atoms with E-state index in [0.717, 1.165) is 23.5 Å². The van der Waals surface area contributed by atoms with Gasteiger partial charge in [0.05, 0.1) is 10.0 Å². The summed E-state index contributed by atoms with van der Waals surface area (Å²) in [6, 6.07) is 8.06. The second-order valence-electron chi connectivity index (χ2n) is 6.97. The molecule has 2 heterocycles. The molecule has 192 valence electrons. The first-order valence-electron chi connectivity index (χ1n) is 9.74. The summed E-state index contributed by atoms with van der Waals surface area (Å²) in [5, 5.41) is 14.1. The van der Waals surface area contributed by atoms with Gasteiger partial charge in [-0.25, -0.2) is 4.98 Å². The molecule has 0 aliphatic carbocycles. The predicted molar refractivity (Wildman–Crippen MR) is 117 cm³/mol. The molecule has 3 aromatic rings. The van der Waals surface area contributed by atoms with E-state index in [1.165, 1.54) is 24.3 Å². The third kappa shape index (κ3) is 7.01. The first-order valence-corrected chi connectivity index (χ1v) is 10.9. The maximum absolute atomic E-state index is 13.0. The number of carbonyl (C=O) groups is 2. The van der Waals surface area contributed by atoms with Crippen LogP contribution in [0.3, 0.4) is 0 Å². The number of aromatic nitrogens is 1. The Labute approximate surface area is 207 Å². The molecule has 3 N–H and O–H groups in total. The summed E-state index contributed by atoms with van der Waals surface area (Å²) in [7, 11) is 0. The number of alkyl halides is 6. The van der Waals surface area contributed by atoms with Crippen LogP contribution in [0.1, 0.15) is 31.4 Å². The molecule has 3 rings (SSSR count). The van der Waals surface area contributed by atoms with Crippen molar-refractivity contribution in [3.63, 3.8) is 0 Å². The Morgan fingerprint density at radius 1 is 1.06 bits per heavy atom. The molecule has 7 nitrogen and oxygen atoms in total. The van der Waals surface area contributed by atoms with E-state index in [-0.39, 0.29) is 33.4 Å². The maximum atomic E-state index is 13.0. The fraction of sp³-hybridized carbons (Fsp3) is 0.190. The van der Waals surface area contributed by atoms with Crippen molar-refractivity contribution in [1.29, 1.82) is 0 Å². The zero-order valence-corrected chi connectivity index (χ0v) is 19.2. The van der Waals surface area contributed by atoms with Crippen molar-refractivity contribution in [3.05, 3.63) is 68.6 Å². The Morgan fingerprint density at radius 3 is 2.42 bits per heavy atom. The van der Waals surface area contributed by atoms with E-state index in [1.807, 2.05) is 0 Å². The van der Waals surface area contributed by atoms with Gasteiger partial charge in [-0.3, -0.25) is 9.59 Å². The predicted octanol–water partition coefficient (Wildman–Crippen LogP) is 5.64. The third-order valence-electron chi connectivity index (χ3n) is 4.41. The lowest BCUT2D eigenvalue weighted by Gasteiger charge is -2.13. The Hall–Kier alpha value is -3.52. The van der Waals surface area contributed by atoms with Gasteiger partial charge in [0.2, 0.25) is 0 Å². The normalized spacial score (nSPS) is 11.8. The molecule has 0 unspecified atom stereocenters. The van der Waals surface area contributed by atoms with Crippen LogP contribution in [-0.2, 0) is 12.6 Å². The van der Waals surface area contributed by atoms with Crippen LogP contribution < -0.4 is 15.4 Å². The Kier molecular flexibility index (Phi) is 7.99. The van der Waals surface area contributed by atoms with Gasteiger partial charge in [-0.15, -0.1) is 24.5 Å². The van der Waals surface area contributed by atoms with Crippen LogP contribution in [-0.4, -0.2) is 34.8 Å². The molecule has 0 atom stereocenters. The number of thiophene rings is 1. The van der Waals surface area contributed by atoms with E-state index in [0.29, 0.717) is 6.07 Å². The van der Waals surface area contributed by atoms with Crippen molar-refractivity contribution in [1.82, 2.24) is 10.3 Å². The molecule has 2 aromatic heterocycles. The lowest BCUT2D eigenvalue weighted by Crippen LogP contribution is -2.26. The quantitative estimate of drug-likeness (QED) is 0.329. The average Bonchev–Trinajstić information content (AvgIpc) is 3.13. The zero-order chi connectivity index (χ0) is 26.7. The van der Waals surface area contributed by atoms with Gasteiger partial charge in [0.25, 0.3) is 11.8 Å². The van der Waals surface area contributed by atoms with Gasteiger partial charge in [0.15, 0.2) is 5.69 Å². The molecule has 0 radical (unpaired) electrons. The van der Waals surface area contributed by atoms with Crippen molar-refractivity contribution < 1.29 is 45.8 Å². The first kappa shape index (κ1) is 27.1. The number of pyridine rings is 1. The zero-order valence-electron chi connectivity index (χ0n) is 17.6. The number of halogens is 7. The topological polar surface area (TPSA) is 101 Å². The summed E-state index contributed by atoms with van der Waals surface area (Å²) in [5.74, 6) is -3.45. The second-order valence-corrected chi connectivity index (χ2v) is 8.65. The number of rotatable bonds is 7. The van der Waals surface area contributed by atoms with Crippen molar-refractivity contribution in [2.75, 3.05) is 11.9 Å². The monoisotopic (exact) mass is 553 g/mol. The van der Waals surface area contributed by atoms with Gasteiger partial charge in [-0.1, -0.05) is 29.8 Å². The Balaban J connectivity index is 1.70. The summed E-state index contributed by atoms with van der Waals surface area (Å²) < 4.78 is 80.5. The van der Waals surface area contributed by atoms with Crippen LogP contribution in [0.5, 0.6) is 11.5 Å². The number of hydrogen-bond acceptors (Lipinski definition) is 6. The fourth-order valence-corrected chi connectivity index (χ4v) is 4.02. The van der Waals surface area contributed by atoms with E-state index < -0.39 is 47.2 Å². The minimum absolute atomic E-state index is 0.0313. The molecule has 0 aliphatic heterocycles. The molecule has 0 aliphatic rings. The first-order chi connectivity index (χ1) is 16.7. The highest BCUT2D eigenvalue weighted by Gasteiger charge is 2.37. The number of ether oxygens (including phenoxy) is 1. The number of nitrogens with zero attached hydrogens (tertiary/aromatic N) is 1. The largest absolute Gasteiger partial charge is 0.573 e. The summed E-state index contributed by atoms with van der Waals surface area (Å²) in [5.41, 5.74) is -2.30. The smallest absolute Gasteiger partial charge is 0.506 e. The molecule has 36 heavy (non-hydrogen) atoms. The van der Waals surface area contributed by atoms with Crippen LogP contribution in [0, 0.1) is 0 Å². The van der Waals surface area contributed by atoms with Gasteiger partial charge in [-0.2, -0.15) is 13.2 Å². The maximum Gasteiger partial charge on any atom is 0.573 e. The van der Waals surface area contributed by atoms with Crippen molar-refractivity contribution >= 4 is 40.4 Å². The van der Waals surface area contributed by atoms with E-state index in [2.05, 4.69) is 20.4 Å². The molecule has 0 spiro atoms. The fourth-order valence-electron chi connectivity index (χ4n) is 2.92. The molecule has 0 saturated carbocycles. The van der Waals surface area contributed by atoms with Crippen LogP contribution in [0.25, 0.3) is 0 Å². The molecular formula is C21H14ClF6N3O4S. The van der Waals surface area contributed by atoms with Crippen molar-refractivity contribution in [2.45, 2.75) is 19.0 Å². The lowest BCUT2D eigenvalue weighted by atomic mass is 10.1. The number of nitrogens with one attached hydrogen (secondary N) is 2. The lowest BCUT2D eigenvalue weighted by molar-refractivity contribution is -0.274. The van der Waals surface area contributed by atoms with E-state index >= 15 is 0 Å². The van der Waals surface area contributed by atoms with Crippen molar-refractivity contribution in [3.8, 4) is 11.5 Å². The molecule has 0 bridgehead atoms. The highest BCUT2D eigenvalue weighted by atomic mass is 35.5. The molecule has 2 amide bonds. The SMILES string of the molecule is O=C(Nc1cc(Cl)sc1C(=O)NCCc1ccccc1OC(F)(F)F)c1ccc(O)c(C(F)(F)F)n1. The minimum atomic E-state index is -5.01. The van der Waals surface area contributed by atoms with E-state index in [1.54, 1.807) is 0 Å². The van der Waals surface area contributed by atoms with Gasteiger partial charge < -0.3 is 20.5 Å². The molecule has 0 fully saturated rings. The van der Waals surface area contributed by atoms with Crippen LogP contribution >= 0.6 is 22.9 Å². The number of hydrogen-bond donors (Lipinski definition) is 3. The standard InChI is InChI=1S/C21H14ClF6N3O4S/c22-15-9-12(31-18(33)11-5-6-13(32)17(30-11)20(23,24)25)16(36-15)19(34)29-8-7-10-3-1-2-4-14(10)35-21(26,27)28/h1-6,9,32H,7-8H2,(H,29,34)(H,31,33). The number of para-hydroxylation sites is 1. The Morgan fingerprint density at radius 2 is 1.75 bits per heavy atom. The average molecular weight is 554 g/mol. The van der Waals surface area contributed by atoms with Gasteiger partial charge in [0, 0.05) is 6.54 Å². The highest BCUT2D eigenvalue weighted by molar-refractivity contribution is 7.18. The molecule has 0 saturated heterocycles. The number of anilines is 1. The third-order valence-corrected chi connectivity index (χ3v) is 5.67. The number of benzene rings is 1. The molecular weight excluding hydrogens is 540 g/mol. The van der Waals surface area contributed by atoms with Crippen molar-refractivity contribution in [2.24, 2.45) is 0 Å². The molecule has 1 aromatic carbocycles. The summed E-state index contributed by atoms with van der Waals surface area (Å²) in [6.07, 6.45) is -9.94. The highest BCUT2D eigenvalue weighted by Crippen LogP contribution is 2.35. The van der Waals surface area contributed by atoms with E-state index in [4.69, 9.17) is 11.6 Å². The minimum Gasteiger partial charge on any atom is -0.506 e. The summed E-state index contributed by atoms with van der Waals surface area (Å²) >= 11 is 6.68. The number of aromatic hydroxyl groups is 1. The van der Waals surface area contributed by atoms with Crippen LogP contribution in [0.4, 0.5) is 32.0 Å².